The Bertz CT molecular complexity index is 1740. The molecule has 0 saturated carbocycles. The summed E-state index contributed by atoms with van der Waals surface area (Å²) < 4.78 is 76.8. The number of aromatic nitrogens is 2. The number of nitrogens with one attached hydrogen (secondary N) is 1. The van der Waals surface area contributed by atoms with Crippen LogP contribution >= 0.6 is 12.4 Å². The van der Waals surface area contributed by atoms with Crippen molar-refractivity contribution < 1.29 is 36.0 Å². The van der Waals surface area contributed by atoms with Gasteiger partial charge in [0.2, 0.25) is 0 Å². The van der Waals surface area contributed by atoms with Gasteiger partial charge in [-0.15, -0.1) is 12.4 Å². The van der Waals surface area contributed by atoms with Crippen molar-refractivity contribution in [1.82, 2.24) is 9.97 Å². The fraction of sp³-hybridized carbons (Fsp3) is 0.0800. The minimum atomic E-state index is -4.51. The first-order chi connectivity index (χ1) is 17.0. The molecule has 0 aliphatic carbocycles. The Morgan fingerprint density at radius 3 is 2.46 bits per heavy atom. The summed E-state index contributed by atoms with van der Waals surface area (Å²) in [4.78, 5) is 7.25. The average molecular weight is 551 g/mol. The molecular weight excluding hydrogens is 533 g/mol. The molecule has 4 aromatic carbocycles. The third-order valence-corrected chi connectivity index (χ3v) is 6.42. The smallest absolute Gasteiger partial charge is 0.416 e. The van der Waals surface area contributed by atoms with Gasteiger partial charge in [0.05, 0.1) is 21.4 Å². The van der Waals surface area contributed by atoms with Crippen molar-refractivity contribution in [3.63, 3.8) is 0 Å². The summed E-state index contributed by atoms with van der Waals surface area (Å²) >= 11 is 0. The first kappa shape index (κ1) is 26.3. The standard InChI is InChI=1S/C25H17F3N2O5S.ClH/c26-25(27,28)17-5-1-3-14(9-17)13-35-18-6-2-4-16(10-18)24-29-20-8-7-15-11-19(36(32,33)34)12-21(31)22(15)23(20)30-24;/h1-12,31H,13H2,(H,29,30)(H,32,33,34);1H. The van der Waals surface area contributed by atoms with E-state index in [0.717, 1.165) is 18.2 Å². The molecule has 5 aromatic rings. The van der Waals surface area contributed by atoms with Crippen molar-refractivity contribution >= 4 is 44.3 Å². The average Bonchev–Trinajstić information content (AvgIpc) is 3.26. The molecule has 0 radical (unpaired) electrons. The highest BCUT2D eigenvalue weighted by Gasteiger charge is 2.30. The molecule has 0 fully saturated rings. The zero-order valence-corrected chi connectivity index (χ0v) is 20.3. The molecule has 0 unspecified atom stereocenters. The second-order valence-corrected chi connectivity index (χ2v) is 9.50. The van der Waals surface area contributed by atoms with Crippen molar-refractivity contribution in [2.45, 2.75) is 17.7 Å². The number of fused-ring (bicyclic) bond motifs is 3. The Kier molecular flexibility index (Phi) is 6.80. The van der Waals surface area contributed by atoms with E-state index in [-0.39, 0.29) is 24.8 Å². The van der Waals surface area contributed by atoms with Gasteiger partial charge in [-0.1, -0.05) is 30.3 Å². The van der Waals surface area contributed by atoms with E-state index in [0.29, 0.717) is 44.5 Å². The second kappa shape index (κ2) is 9.58. The monoisotopic (exact) mass is 550 g/mol. The molecule has 0 atom stereocenters. The van der Waals surface area contributed by atoms with E-state index in [9.17, 15) is 31.2 Å². The number of ether oxygens (including phenoxy) is 1. The molecule has 192 valence electrons. The highest BCUT2D eigenvalue weighted by Crippen LogP contribution is 2.35. The van der Waals surface area contributed by atoms with Crippen molar-refractivity contribution in [2.75, 3.05) is 0 Å². The number of phenols is 1. The van der Waals surface area contributed by atoms with Gasteiger partial charge in [-0.2, -0.15) is 21.6 Å². The van der Waals surface area contributed by atoms with E-state index in [1.54, 1.807) is 42.5 Å². The quantitative estimate of drug-likeness (QED) is 0.220. The van der Waals surface area contributed by atoms with E-state index in [2.05, 4.69) is 9.97 Å². The van der Waals surface area contributed by atoms with Crippen LogP contribution in [0.4, 0.5) is 13.2 Å². The molecule has 0 amide bonds. The van der Waals surface area contributed by atoms with Crippen LogP contribution in [0.1, 0.15) is 11.1 Å². The molecule has 1 heterocycles. The summed E-state index contributed by atoms with van der Waals surface area (Å²) in [6.45, 7) is -0.0673. The number of imidazole rings is 1. The molecule has 1 aromatic heterocycles. The number of aromatic amines is 1. The fourth-order valence-corrected chi connectivity index (χ4v) is 4.44. The minimum Gasteiger partial charge on any atom is -0.507 e. The lowest BCUT2D eigenvalue weighted by Gasteiger charge is -2.10. The van der Waals surface area contributed by atoms with Gasteiger partial charge in [-0.05, 0) is 47.3 Å². The summed E-state index contributed by atoms with van der Waals surface area (Å²) in [6, 6.07) is 17.1. The number of nitrogens with zero attached hydrogens (tertiary/aromatic N) is 1. The number of alkyl halides is 3. The van der Waals surface area contributed by atoms with Gasteiger partial charge >= 0.3 is 6.18 Å². The van der Waals surface area contributed by atoms with Crippen molar-refractivity contribution in [1.29, 1.82) is 0 Å². The van der Waals surface area contributed by atoms with Gasteiger partial charge in [0, 0.05) is 11.6 Å². The summed E-state index contributed by atoms with van der Waals surface area (Å²) in [7, 11) is -4.51. The van der Waals surface area contributed by atoms with Crippen molar-refractivity contribution in [3.8, 4) is 22.9 Å². The maximum atomic E-state index is 12.9. The molecule has 0 saturated heterocycles. The highest BCUT2D eigenvalue weighted by molar-refractivity contribution is 7.85. The second-order valence-electron chi connectivity index (χ2n) is 8.08. The van der Waals surface area contributed by atoms with Crippen LogP contribution < -0.4 is 4.74 Å². The Hall–Kier alpha value is -3.80. The molecule has 7 nitrogen and oxygen atoms in total. The van der Waals surface area contributed by atoms with Crippen LogP contribution in [-0.2, 0) is 22.9 Å². The topological polar surface area (TPSA) is 113 Å². The summed E-state index contributed by atoms with van der Waals surface area (Å²) in [5.41, 5.74) is 1.19. The van der Waals surface area contributed by atoms with Crippen molar-refractivity contribution in [2.24, 2.45) is 0 Å². The van der Waals surface area contributed by atoms with Crippen LogP contribution in [0, 0.1) is 0 Å². The molecule has 5 rings (SSSR count). The number of phenolic OH excluding ortho intramolecular Hbond substituents is 1. The molecule has 0 spiro atoms. The third-order valence-electron chi connectivity index (χ3n) is 5.58. The van der Waals surface area contributed by atoms with Crippen LogP contribution in [0.15, 0.2) is 77.7 Å². The van der Waals surface area contributed by atoms with E-state index in [1.807, 2.05) is 0 Å². The van der Waals surface area contributed by atoms with Crippen LogP contribution in [-0.4, -0.2) is 28.0 Å². The Morgan fingerprint density at radius 1 is 0.973 bits per heavy atom. The van der Waals surface area contributed by atoms with Gasteiger partial charge < -0.3 is 14.8 Å². The number of aromatic hydroxyl groups is 1. The lowest BCUT2D eigenvalue weighted by atomic mass is 10.1. The predicted molar refractivity (Wildman–Crippen MR) is 134 cm³/mol. The molecule has 0 bridgehead atoms. The van der Waals surface area contributed by atoms with Crippen LogP contribution in [0.25, 0.3) is 33.2 Å². The first-order valence-electron chi connectivity index (χ1n) is 10.5. The SMILES string of the molecule is Cl.O=S(=O)(O)c1cc(O)c2c(ccc3[nH]c(-c4cccc(OCc5cccc(C(F)(F)F)c5)c4)nc32)c1. The first-order valence-corrected chi connectivity index (χ1v) is 12.0. The number of benzene rings is 4. The molecular formula is C25H18ClF3N2O5S. The van der Waals surface area contributed by atoms with Crippen LogP contribution in [0.2, 0.25) is 0 Å². The zero-order valence-electron chi connectivity index (χ0n) is 18.7. The predicted octanol–water partition coefficient (Wildman–Crippen LogP) is 6.36. The Balaban J connectivity index is 0.00000320. The van der Waals surface area contributed by atoms with Gasteiger partial charge in [-0.3, -0.25) is 4.55 Å². The van der Waals surface area contributed by atoms with E-state index in [4.69, 9.17) is 4.74 Å². The molecule has 0 aliphatic rings. The van der Waals surface area contributed by atoms with E-state index >= 15 is 0 Å². The third kappa shape index (κ3) is 5.33. The molecule has 12 heteroatoms. The van der Waals surface area contributed by atoms with Crippen molar-refractivity contribution in [3.05, 3.63) is 83.9 Å². The summed E-state index contributed by atoms with van der Waals surface area (Å²) in [6.07, 6.45) is -4.44. The zero-order chi connectivity index (χ0) is 25.7. The van der Waals surface area contributed by atoms with Gasteiger partial charge in [0.25, 0.3) is 10.1 Å². The minimum absolute atomic E-state index is 0. The maximum absolute atomic E-state index is 12.9. The Labute approximate surface area is 214 Å². The molecule has 3 N–H and O–H groups in total. The van der Waals surface area contributed by atoms with E-state index < -0.39 is 26.8 Å². The molecule has 37 heavy (non-hydrogen) atoms. The van der Waals surface area contributed by atoms with Gasteiger partial charge in [-0.25, -0.2) is 4.98 Å². The van der Waals surface area contributed by atoms with E-state index in [1.165, 1.54) is 12.1 Å². The number of hydrogen-bond donors (Lipinski definition) is 3. The number of hydrogen-bond acceptors (Lipinski definition) is 5. The van der Waals surface area contributed by atoms with Gasteiger partial charge in [0.15, 0.2) is 0 Å². The maximum Gasteiger partial charge on any atom is 0.416 e. The van der Waals surface area contributed by atoms with Gasteiger partial charge in [0.1, 0.15) is 29.4 Å². The lowest BCUT2D eigenvalue weighted by Crippen LogP contribution is -2.06. The van der Waals surface area contributed by atoms with Crippen LogP contribution in [0.5, 0.6) is 11.5 Å². The number of halogens is 4. The largest absolute Gasteiger partial charge is 0.507 e. The fourth-order valence-electron chi connectivity index (χ4n) is 3.91. The summed E-state index contributed by atoms with van der Waals surface area (Å²) in [5, 5.41) is 11.1. The molecule has 0 aliphatic heterocycles. The summed E-state index contributed by atoms with van der Waals surface area (Å²) in [5.74, 6) is 0.484. The number of rotatable bonds is 5. The van der Waals surface area contributed by atoms with Crippen LogP contribution in [0.3, 0.4) is 0 Å². The Morgan fingerprint density at radius 2 is 1.73 bits per heavy atom. The lowest BCUT2D eigenvalue weighted by molar-refractivity contribution is -0.137. The normalized spacial score (nSPS) is 12.0. The highest BCUT2D eigenvalue weighted by atomic mass is 35.5. The number of H-pyrrole nitrogens is 1.